The molecule has 0 fully saturated rings. The van der Waals surface area contributed by atoms with Gasteiger partial charge < -0.3 is 10.6 Å². The van der Waals surface area contributed by atoms with E-state index in [2.05, 4.69) is 10.6 Å². The SMILES string of the molecule is CCNc1cc(C(=O)NCCCS(C)=O)ccc1[N+](=O)[O-]. The van der Waals surface area contributed by atoms with Crippen LogP contribution in [0.3, 0.4) is 0 Å². The van der Waals surface area contributed by atoms with E-state index in [-0.39, 0.29) is 11.6 Å². The molecule has 0 spiro atoms. The van der Waals surface area contributed by atoms with Crippen LogP contribution in [0.15, 0.2) is 18.2 Å². The Balaban J connectivity index is 2.74. The summed E-state index contributed by atoms with van der Waals surface area (Å²) in [5.41, 5.74) is 0.619. The van der Waals surface area contributed by atoms with Gasteiger partial charge in [-0.25, -0.2) is 0 Å². The lowest BCUT2D eigenvalue weighted by Gasteiger charge is -2.08. The number of anilines is 1. The van der Waals surface area contributed by atoms with E-state index in [4.69, 9.17) is 0 Å². The van der Waals surface area contributed by atoms with Crippen molar-refractivity contribution >= 4 is 28.1 Å². The highest BCUT2D eigenvalue weighted by atomic mass is 32.2. The van der Waals surface area contributed by atoms with E-state index in [9.17, 15) is 19.1 Å². The number of nitro groups is 1. The van der Waals surface area contributed by atoms with Gasteiger partial charge in [-0.15, -0.1) is 0 Å². The number of carbonyl (C=O) groups excluding carboxylic acids is 1. The highest BCUT2D eigenvalue weighted by molar-refractivity contribution is 7.84. The zero-order valence-corrected chi connectivity index (χ0v) is 12.9. The molecule has 0 aliphatic heterocycles. The molecule has 8 heteroatoms. The van der Waals surface area contributed by atoms with E-state index in [0.717, 1.165) is 0 Å². The molecule has 1 aromatic carbocycles. The Hall–Kier alpha value is -1.96. The highest BCUT2D eigenvalue weighted by Gasteiger charge is 2.16. The molecule has 1 rings (SSSR count). The molecule has 0 radical (unpaired) electrons. The second-order valence-corrected chi connectivity index (χ2v) is 5.96. The minimum absolute atomic E-state index is 0.0604. The lowest BCUT2D eigenvalue weighted by molar-refractivity contribution is -0.384. The second-order valence-electron chi connectivity index (χ2n) is 4.41. The van der Waals surface area contributed by atoms with Crippen molar-refractivity contribution in [1.82, 2.24) is 5.32 Å². The van der Waals surface area contributed by atoms with Gasteiger partial charge >= 0.3 is 0 Å². The quantitative estimate of drug-likeness (QED) is 0.430. The molecule has 0 saturated heterocycles. The standard InChI is InChI=1S/C13H19N3O4S/c1-3-14-11-9-10(5-6-12(11)16(18)19)13(17)15-7-4-8-21(2)20/h5-6,9,14H,3-4,7-8H2,1-2H3,(H,15,17). The van der Waals surface area contributed by atoms with Gasteiger partial charge in [0.1, 0.15) is 5.69 Å². The third kappa shape index (κ3) is 5.50. The summed E-state index contributed by atoms with van der Waals surface area (Å²) in [6.07, 6.45) is 2.24. The van der Waals surface area contributed by atoms with Crippen LogP contribution < -0.4 is 10.6 Å². The van der Waals surface area contributed by atoms with Crippen LogP contribution in [0.5, 0.6) is 0 Å². The first kappa shape index (κ1) is 17.1. The van der Waals surface area contributed by atoms with Crippen LogP contribution >= 0.6 is 0 Å². The summed E-state index contributed by atoms with van der Waals surface area (Å²) in [5.74, 6) is 0.231. The van der Waals surface area contributed by atoms with Crippen LogP contribution in [0.4, 0.5) is 11.4 Å². The molecule has 7 nitrogen and oxygen atoms in total. The molecule has 0 aliphatic carbocycles. The van der Waals surface area contributed by atoms with Gasteiger partial charge in [0.25, 0.3) is 11.6 Å². The van der Waals surface area contributed by atoms with Crippen molar-refractivity contribution in [2.45, 2.75) is 13.3 Å². The fourth-order valence-electron chi connectivity index (χ4n) is 1.75. The zero-order valence-electron chi connectivity index (χ0n) is 12.0. The molecule has 116 valence electrons. The van der Waals surface area contributed by atoms with Gasteiger partial charge in [0.2, 0.25) is 0 Å². The number of carbonyl (C=O) groups is 1. The van der Waals surface area contributed by atoms with Crippen LogP contribution in [-0.2, 0) is 10.8 Å². The van der Waals surface area contributed by atoms with Crippen LogP contribution in [-0.4, -0.2) is 40.1 Å². The Kier molecular flexibility index (Phi) is 6.80. The fourth-order valence-corrected chi connectivity index (χ4v) is 2.30. The smallest absolute Gasteiger partial charge is 0.292 e. The monoisotopic (exact) mass is 313 g/mol. The average molecular weight is 313 g/mol. The lowest BCUT2D eigenvalue weighted by atomic mass is 10.1. The molecule has 1 aromatic rings. The van der Waals surface area contributed by atoms with Crippen molar-refractivity contribution in [3.8, 4) is 0 Å². The molecular formula is C13H19N3O4S. The molecule has 21 heavy (non-hydrogen) atoms. The first-order chi connectivity index (χ1) is 9.95. The largest absolute Gasteiger partial charge is 0.380 e. The van der Waals surface area contributed by atoms with Crippen molar-refractivity contribution in [2.24, 2.45) is 0 Å². The summed E-state index contributed by atoms with van der Waals surface area (Å²) in [6, 6.07) is 4.20. The van der Waals surface area contributed by atoms with Crippen molar-refractivity contribution in [2.75, 3.05) is 30.4 Å². The van der Waals surface area contributed by atoms with Crippen LogP contribution in [0.1, 0.15) is 23.7 Å². The molecule has 0 aliphatic rings. The topological polar surface area (TPSA) is 101 Å². The highest BCUT2D eigenvalue weighted by Crippen LogP contribution is 2.25. The van der Waals surface area contributed by atoms with Crippen LogP contribution in [0.25, 0.3) is 0 Å². The average Bonchev–Trinajstić information content (AvgIpc) is 2.43. The normalized spacial score (nSPS) is 11.7. The molecule has 2 N–H and O–H groups in total. The number of rotatable bonds is 8. The predicted octanol–water partition coefficient (Wildman–Crippen LogP) is 1.53. The molecule has 1 unspecified atom stereocenters. The van der Waals surface area contributed by atoms with Gasteiger partial charge in [-0.3, -0.25) is 19.1 Å². The summed E-state index contributed by atoms with van der Waals surface area (Å²) in [7, 11) is -0.876. The van der Waals surface area contributed by atoms with E-state index >= 15 is 0 Å². The molecule has 0 aromatic heterocycles. The fraction of sp³-hybridized carbons (Fsp3) is 0.462. The first-order valence-corrected chi connectivity index (χ1v) is 8.29. The summed E-state index contributed by atoms with van der Waals surface area (Å²) >= 11 is 0. The summed E-state index contributed by atoms with van der Waals surface area (Å²) in [6.45, 7) is 2.77. The minimum Gasteiger partial charge on any atom is -0.380 e. The summed E-state index contributed by atoms with van der Waals surface area (Å²) in [4.78, 5) is 22.3. The van der Waals surface area contributed by atoms with Crippen molar-refractivity contribution < 1.29 is 13.9 Å². The maximum Gasteiger partial charge on any atom is 0.292 e. The number of amides is 1. The van der Waals surface area contributed by atoms with Crippen LogP contribution in [0.2, 0.25) is 0 Å². The summed E-state index contributed by atoms with van der Waals surface area (Å²) in [5, 5.41) is 16.5. The molecule has 1 amide bonds. The third-order valence-electron chi connectivity index (χ3n) is 2.72. The number of nitro benzene ring substituents is 1. The van der Waals surface area contributed by atoms with E-state index in [1.165, 1.54) is 18.2 Å². The number of hydrogen-bond donors (Lipinski definition) is 2. The Morgan fingerprint density at radius 1 is 1.43 bits per heavy atom. The number of nitrogens with zero attached hydrogens (tertiary/aromatic N) is 1. The van der Waals surface area contributed by atoms with Crippen molar-refractivity contribution in [1.29, 1.82) is 0 Å². The molecule has 0 bridgehead atoms. The molecule has 0 saturated carbocycles. The predicted molar refractivity (Wildman–Crippen MR) is 83.1 cm³/mol. The van der Waals surface area contributed by atoms with Crippen LogP contribution in [0, 0.1) is 10.1 Å². The lowest BCUT2D eigenvalue weighted by Crippen LogP contribution is -2.25. The van der Waals surface area contributed by atoms with E-state index < -0.39 is 15.7 Å². The first-order valence-electron chi connectivity index (χ1n) is 6.56. The number of benzene rings is 1. The van der Waals surface area contributed by atoms with E-state index in [0.29, 0.717) is 36.5 Å². The number of hydrogen-bond acceptors (Lipinski definition) is 5. The second kappa shape index (κ2) is 8.35. The molecule has 0 heterocycles. The minimum atomic E-state index is -0.876. The van der Waals surface area contributed by atoms with Gasteiger partial charge in [0.15, 0.2) is 0 Å². The number of nitrogens with one attached hydrogen (secondary N) is 2. The Morgan fingerprint density at radius 2 is 2.14 bits per heavy atom. The summed E-state index contributed by atoms with van der Waals surface area (Å²) < 4.78 is 10.9. The Bertz CT molecular complexity index is 548. The van der Waals surface area contributed by atoms with Gasteiger partial charge in [-0.05, 0) is 25.5 Å². The van der Waals surface area contributed by atoms with Gasteiger partial charge in [0, 0.05) is 47.5 Å². The Morgan fingerprint density at radius 3 is 2.71 bits per heavy atom. The van der Waals surface area contributed by atoms with Crippen molar-refractivity contribution in [3.05, 3.63) is 33.9 Å². The molecule has 1 atom stereocenters. The maximum absolute atomic E-state index is 11.9. The maximum atomic E-state index is 11.9. The molecular weight excluding hydrogens is 294 g/mol. The van der Waals surface area contributed by atoms with Gasteiger partial charge in [-0.2, -0.15) is 0 Å². The van der Waals surface area contributed by atoms with E-state index in [1.807, 2.05) is 6.92 Å². The van der Waals surface area contributed by atoms with Gasteiger partial charge in [-0.1, -0.05) is 0 Å². The van der Waals surface area contributed by atoms with Gasteiger partial charge in [0.05, 0.1) is 4.92 Å². The third-order valence-corrected chi connectivity index (χ3v) is 3.58. The van der Waals surface area contributed by atoms with Crippen molar-refractivity contribution in [3.63, 3.8) is 0 Å². The van der Waals surface area contributed by atoms with E-state index in [1.54, 1.807) is 6.26 Å². The Labute approximate surface area is 125 Å². The zero-order chi connectivity index (χ0) is 15.8.